The van der Waals surface area contributed by atoms with Crippen LogP contribution < -0.4 is 66.3 Å². The number of nitrogens with two attached hydrogens (primary N) is 6. The van der Waals surface area contributed by atoms with Crippen LogP contribution in [0.2, 0.25) is 0 Å². The largest absolute Gasteiger partial charge is 0.480 e. The summed E-state index contributed by atoms with van der Waals surface area (Å²) in [6, 6.07) is -2.11. The number of nitrogens with one attached hydrogen (secondary N) is 6. The number of aliphatic imine (C=N–C) groups is 2. The summed E-state index contributed by atoms with van der Waals surface area (Å²) in [4.78, 5) is 94.0. The predicted molar refractivity (Wildman–Crippen MR) is 304 cm³/mol. The smallest absolute Gasteiger partial charge is 0.326 e. The lowest BCUT2D eigenvalue weighted by Crippen LogP contribution is -2.47. The third-order valence-corrected chi connectivity index (χ3v) is 13.0. The number of amides is 6. The second-order valence-corrected chi connectivity index (χ2v) is 20.1. The number of nitrogens with zero attached hydrogens (tertiary/aromatic N) is 2. The SMILES string of the molecule is NCCCC[C@H](N)C(=O)NCCCCCC(=O)NCCCCCCCCCCCC(=O)N[C@@H](CCCN=C(N)N)C(=O)NCCCCCC(=O)NCCCCCCCCCCCC(=O)N[C@@H](CCCN=C(N)N)C(=O)O. The number of carboxylic acid groups (broad SMARTS) is 1. The fourth-order valence-corrected chi connectivity index (χ4v) is 8.49. The molecule has 3 atom stereocenters. The molecule has 0 saturated carbocycles. The maximum Gasteiger partial charge on any atom is 0.326 e. The summed E-state index contributed by atoms with van der Waals surface area (Å²) in [5.74, 6) is -1.78. The molecule has 0 spiro atoms. The van der Waals surface area contributed by atoms with Crippen LogP contribution in [0.5, 0.6) is 0 Å². The van der Waals surface area contributed by atoms with Gasteiger partial charge in [-0.05, 0) is 96.4 Å². The number of hydrogen-bond acceptors (Lipinski definition) is 11. The van der Waals surface area contributed by atoms with Gasteiger partial charge in [-0.15, -0.1) is 0 Å². The van der Waals surface area contributed by atoms with E-state index in [0.29, 0.717) is 97.2 Å². The minimum absolute atomic E-state index is 0.0170. The monoisotopic (exact) mass is 1080 g/mol. The highest BCUT2D eigenvalue weighted by atomic mass is 16.4. The van der Waals surface area contributed by atoms with Crippen molar-refractivity contribution in [3.63, 3.8) is 0 Å². The average Bonchev–Trinajstić information content (AvgIpc) is 3.37. The Morgan fingerprint density at radius 3 is 1.09 bits per heavy atom. The minimum Gasteiger partial charge on any atom is -0.480 e. The number of rotatable bonds is 53. The molecule has 0 fully saturated rings. The van der Waals surface area contributed by atoms with Crippen molar-refractivity contribution >= 4 is 53.3 Å². The molecule has 22 nitrogen and oxygen atoms in total. The molecule has 0 bridgehead atoms. The van der Waals surface area contributed by atoms with E-state index in [-0.39, 0.29) is 53.8 Å². The van der Waals surface area contributed by atoms with Crippen molar-refractivity contribution in [3.05, 3.63) is 0 Å². The number of aliphatic carboxylic acids is 1. The summed E-state index contributed by atoms with van der Waals surface area (Å²) in [5, 5.41) is 26.7. The van der Waals surface area contributed by atoms with Gasteiger partial charge in [0.05, 0.1) is 6.04 Å². The second kappa shape index (κ2) is 50.6. The highest BCUT2D eigenvalue weighted by Gasteiger charge is 2.21. The Bertz CT molecular complexity index is 1610. The van der Waals surface area contributed by atoms with E-state index in [2.05, 4.69) is 41.9 Å². The lowest BCUT2D eigenvalue weighted by molar-refractivity contribution is -0.142. The Labute approximate surface area is 455 Å². The lowest BCUT2D eigenvalue weighted by atomic mass is 10.1. The van der Waals surface area contributed by atoms with Gasteiger partial charge in [-0.2, -0.15) is 0 Å². The molecule has 440 valence electrons. The van der Waals surface area contributed by atoms with E-state index in [1.807, 2.05) is 0 Å². The van der Waals surface area contributed by atoms with Crippen LogP contribution in [0.3, 0.4) is 0 Å². The highest BCUT2D eigenvalue weighted by molar-refractivity contribution is 5.87. The molecule has 6 amide bonds. The topological polar surface area (TPSA) is 393 Å². The van der Waals surface area contributed by atoms with E-state index in [1.54, 1.807) is 0 Å². The van der Waals surface area contributed by atoms with Gasteiger partial charge in [0.25, 0.3) is 0 Å². The number of guanidine groups is 2. The summed E-state index contributed by atoms with van der Waals surface area (Å²) >= 11 is 0. The van der Waals surface area contributed by atoms with Gasteiger partial charge in [0.15, 0.2) is 11.9 Å². The molecule has 0 aromatic rings. The van der Waals surface area contributed by atoms with E-state index in [9.17, 15) is 38.7 Å². The summed E-state index contributed by atoms with van der Waals surface area (Å²) in [5.41, 5.74) is 32.9. The van der Waals surface area contributed by atoms with Crippen LogP contribution >= 0.6 is 0 Å². The van der Waals surface area contributed by atoms with Crippen LogP contribution in [-0.2, 0) is 33.6 Å². The number of carbonyl (C=O) groups is 7. The van der Waals surface area contributed by atoms with Crippen LogP contribution in [0.4, 0.5) is 0 Å². The number of carbonyl (C=O) groups excluding carboxylic acids is 6. The van der Waals surface area contributed by atoms with Crippen LogP contribution in [0.25, 0.3) is 0 Å². The molecule has 0 aliphatic carbocycles. The van der Waals surface area contributed by atoms with Gasteiger partial charge in [-0.25, -0.2) is 4.79 Å². The van der Waals surface area contributed by atoms with Gasteiger partial charge in [0, 0.05) is 65.0 Å². The minimum atomic E-state index is -1.07. The zero-order valence-corrected chi connectivity index (χ0v) is 46.6. The summed E-state index contributed by atoms with van der Waals surface area (Å²) < 4.78 is 0. The van der Waals surface area contributed by atoms with Crippen LogP contribution in [-0.4, -0.2) is 122 Å². The van der Waals surface area contributed by atoms with Gasteiger partial charge in [0.2, 0.25) is 35.4 Å². The summed E-state index contributed by atoms with van der Waals surface area (Å²) in [6.45, 7) is 3.65. The summed E-state index contributed by atoms with van der Waals surface area (Å²) in [6.07, 6.45) is 28.7. The molecule has 19 N–H and O–H groups in total. The van der Waals surface area contributed by atoms with Crippen LogP contribution in [0.15, 0.2) is 9.98 Å². The second-order valence-electron chi connectivity index (χ2n) is 20.1. The van der Waals surface area contributed by atoms with Crippen molar-refractivity contribution in [1.29, 1.82) is 0 Å². The van der Waals surface area contributed by atoms with Gasteiger partial charge in [-0.3, -0.25) is 38.8 Å². The highest BCUT2D eigenvalue weighted by Crippen LogP contribution is 2.13. The average molecular weight is 1080 g/mol. The maximum absolute atomic E-state index is 13.1. The fraction of sp³-hybridized carbons (Fsp3) is 0.833. The van der Waals surface area contributed by atoms with Crippen LogP contribution in [0.1, 0.15) is 225 Å². The van der Waals surface area contributed by atoms with E-state index in [0.717, 1.165) is 167 Å². The quantitative estimate of drug-likeness (QED) is 0.0233. The molecule has 0 radical (unpaired) electrons. The van der Waals surface area contributed by atoms with E-state index >= 15 is 0 Å². The molecule has 0 aromatic heterocycles. The number of unbranched alkanes of at least 4 members (excludes halogenated alkanes) is 21. The molecular formula is C54H106N14O8. The molecule has 0 heterocycles. The van der Waals surface area contributed by atoms with Crippen molar-refractivity contribution < 1.29 is 38.7 Å². The van der Waals surface area contributed by atoms with Crippen LogP contribution in [0, 0.1) is 0 Å². The van der Waals surface area contributed by atoms with Gasteiger partial charge < -0.3 is 71.4 Å². The van der Waals surface area contributed by atoms with E-state index in [4.69, 9.17) is 34.4 Å². The Kier molecular flexibility index (Phi) is 47.1. The first-order chi connectivity index (χ1) is 36.7. The van der Waals surface area contributed by atoms with Crippen molar-refractivity contribution in [2.75, 3.05) is 45.8 Å². The van der Waals surface area contributed by atoms with Gasteiger partial charge in [0.1, 0.15) is 12.1 Å². The number of carboxylic acids is 1. The first kappa shape index (κ1) is 70.8. The standard InChI is InChI=1S/C54H106N14O8/c55-36-22-21-29-43(56)50(73)63-39-25-15-19-32-46(69)61-37-23-13-9-5-1-3-7-11-17-34-48(71)67-44(30-27-41-65-53(57)58)51(74)64-40-26-16-20-33-47(70)62-38-24-14-10-6-2-4-8-12-18-35-49(72)68-45(52(75)76)31-28-42-66-54(59)60/h43-45H,1-42,55-56H2,(H,61,69)(H,62,70)(H,63,73)(H,64,74)(H,67,71)(H,68,72)(H,75,76)(H4,57,58,65)(H4,59,60,66)/t43-,44-,45-/m0/s1. The van der Waals surface area contributed by atoms with Crippen molar-refractivity contribution in [3.8, 4) is 0 Å². The molecule has 0 unspecified atom stereocenters. The predicted octanol–water partition coefficient (Wildman–Crippen LogP) is 3.99. The molecule has 22 heteroatoms. The molecule has 0 saturated heterocycles. The Morgan fingerprint density at radius 2 is 0.697 bits per heavy atom. The Hall–Kier alpha value is -5.25. The van der Waals surface area contributed by atoms with Crippen molar-refractivity contribution in [1.82, 2.24) is 31.9 Å². The molecule has 0 rings (SSSR count). The molecule has 0 aromatic carbocycles. The molecule has 0 aliphatic rings. The fourth-order valence-electron chi connectivity index (χ4n) is 8.49. The summed E-state index contributed by atoms with van der Waals surface area (Å²) in [7, 11) is 0. The van der Waals surface area contributed by atoms with Crippen molar-refractivity contribution in [2.24, 2.45) is 44.4 Å². The van der Waals surface area contributed by atoms with Gasteiger partial charge in [-0.1, -0.05) is 109 Å². The normalized spacial score (nSPS) is 12.1. The third-order valence-electron chi connectivity index (χ3n) is 13.0. The first-order valence-corrected chi connectivity index (χ1v) is 29.1. The zero-order valence-electron chi connectivity index (χ0n) is 46.6. The van der Waals surface area contributed by atoms with E-state index < -0.39 is 24.1 Å². The first-order valence-electron chi connectivity index (χ1n) is 29.1. The number of hydrogen-bond donors (Lipinski definition) is 13. The molecule has 76 heavy (non-hydrogen) atoms. The van der Waals surface area contributed by atoms with Crippen molar-refractivity contribution in [2.45, 2.75) is 243 Å². The maximum atomic E-state index is 13.1. The molecular weight excluding hydrogens is 973 g/mol. The Balaban J connectivity index is 4.00. The lowest BCUT2D eigenvalue weighted by Gasteiger charge is -2.18. The Morgan fingerprint density at radius 1 is 0.368 bits per heavy atom. The van der Waals surface area contributed by atoms with Gasteiger partial charge >= 0.3 is 5.97 Å². The van der Waals surface area contributed by atoms with E-state index in [1.165, 1.54) is 0 Å². The molecule has 0 aliphatic heterocycles. The third kappa shape index (κ3) is 47.2. The zero-order chi connectivity index (χ0) is 56.3.